The Kier molecular flexibility index (Phi) is 4.03. The maximum Gasteiger partial charge on any atom is 0.271 e. The van der Waals surface area contributed by atoms with Crippen molar-refractivity contribution in [3.05, 3.63) is 52.0 Å². The first kappa shape index (κ1) is 15.3. The quantitative estimate of drug-likeness (QED) is 0.777. The van der Waals surface area contributed by atoms with Gasteiger partial charge in [0.1, 0.15) is 16.5 Å². The highest BCUT2D eigenvalue weighted by atomic mass is 35.5. The summed E-state index contributed by atoms with van der Waals surface area (Å²) in [6.07, 6.45) is 2.04. The van der Waals surface area contributed by atoms with Gasteiger partial charge in [0.25, 0.3) is 5.91 Å². The number of nitrogens with zero attached hydrogens (tertiary/aromatic N) is 4. The first-order valence-corrected chi connectivity index (χ1v) is 8.87. The van der Waals surface area contributed by atoms with E-state index in [9.17, 15) is 4.79 Å². The standard InChI is InChI=1S/C16H14ClN5OS/c17-11-5-3-10(4-6-11)16-19-12(9-24-16)15(23)18-8-14-21-20-13-2-1-7-22(13)14/h3-6,9H,1-2,7-8H2,(H,18,23). The third-order valence-electron chi connectivity index (χ3n) is 3.92. The van der Waals surface area contributed by atoms with Gasteiger partial charge in [-0.1, -0.05) is 23.7 Å². The van der Waals surface area contributed by atoms with Crippen molar-refractivity contribution in [2.75, 3.05) is 0 Å². The summed E-state index contributed by atoms with van der Waals surface area (Å²) in [5.41, 5.74) is 1.35. The molecule has 0 spiro atoms. The molecule has 1 N–H and O–H groups in total. The van der Waals surface area contributed by atoms with E-state index in [4.69, 9.17) is 11.6 Å². The zero-order valence-electron chi connectivity index (χ0n) is 12.7. The van der Waals surface area contributed by atoms with Crippen LogP contribution in [-0.2, 0) is 19.5 Å². The predicted octanol–water partition coefficient (Wildman–Crippen LogP) is 2.93. The van der Waals surface area contributed by atoms with Crippen LogP contribution in [0.5, 0.6) is 0 Å². The van der Waals surface area contributed by atoms with Crippen LogP contribution in [0.2, 0.25) is 5.02 Å². The molecule has 6 nitrogen and oxygen atoms in total. The fraction of sp³-hybridized carbons (Fsp3) is 0.250. The minimum absolute atomic E-state index is 0.207. The Labute approximate surface area is 147 Å². The second kappa shape index (κ2) is 6.33. The third-order valence-corrected chi connectivity index (χ3v) is 5.06. The average molecular weight is 360 g/mol. The van der Waals surface area contributed by atoms with Gasteiger partial charge in [-0.3, -0.25) is 4.79 Å². The normalized spacial score (nSPS) is 13.0. The van der Waals surface area contributed by atoms with Crippen molar-refractivity contribution in [2.24, 2.45) is 0 Å². The number of thiazole rings is 1. The number of carbonyl (C=O) groups excluding carboxylic acids is 1. The molecule has 4 rings (SSSR count). The van der Waals surface area contributed by atoms with E-state index in [0.29, 0.717) is 17.3 Å². The van der Waals surface area contributed by atoms with Gasteiger partial charge in [0, 0.05) is 28.9 Å². The summed E-state index contributed by atoms with van der Waals surface area (Å²) in [6.45, 7) is 1.28. The first-order valence-electron chi connectivity index (χ1n) is 7.61. The Balaban J connectivity index is 1.44. The van der Waals surface area contributed by atoms with Gasteiger partial charge in [-0.25, -0.2) is 4.98 Å². The summed E-state index contributed by atoms with van der Waals surface area (Å²) < 4.78 is 2.07. The van der Waals surface area contributed by atoms with Crippen molar-refractivity contribution in [2.45, 2.75) is 25.9 Å². The van der Waals surface area contributed by atoms with Crippen LogP contribution in [0.25, 0.3) is 10.6 Å². The molecular formula is C16H14ClN5OS. The molecule has 0 atom stereocenters. The Bertz CT molecular complexity index is 886. The molecule has 3 aromatic rings. The fourth-order valence-corrected chi connectivity index (χ4v) is 3.63. The maximum atomic E-state index is 12.3. The molecular weight excluding hydrogens is 346 g/mol. The molecule has 3 heterocycles. The van der Waals surface area contributed by atoms with Crippen LogP contribution in [-0.4, -0.2) is 25.7 Å². The zero-order chi connectivity index (χ0) is 16.5. The topological polar surface area (TPSA) is 72.7 Å². The number of nitrogens with one attached hydrogen (secondary N) is 1. The van der Waals surface area contributed by atoms with E-state index in [1.165, 1.54) is 11.3 Å². The van der Waals surface area contributed by atoms with Crippen molar-refractivity contribution >= 4 is 28.8 Å². The van der Waals surface area contributed by atoms with Crippen LogP contribution in [0.1, 0.15) is 28.6 Å². The van der Waals surface area contributed by atoms with Gasteiger partial charge in [0.2, 0.25) is 0 Å². The lowest BCUT2D eigenvalue weighted by Crippen LogP contribution is -2.25. The Morgan fingerprint density at radius 2 is 2.12 bits per heavy atom. The molecule has 0 saturated heterocycles. The highest BCUT2D eigenvalue weighted by Gasteiger charge is 2.18. The molecule has 0 bridgehead atoms. The number of hydrogen-bond acceptors (Lipinski definition) is 5. The average Bonchev–Trinajstić information content (AvgIpc) is 3.30. The molecule has 8 heteroatoms. The van der Waals surface area contributed by atoms with Crippen LogP contribution < -0.4 is 5.32 Å². The van der Waals surface area contributed by atoms with Gasteiger partial charge in [-0.2, -0.15) is 0 Å². The summed E-state index contributed by atoms with van der Waals surface area (Å²) >= 11 is 7.32. The van der Waals surface area contributed by atoms with Gasteiger partial charge in [0.05, 0.1) is 6.54 Å². The van der Waals surface area contributed by atoms with Crippen molar-refractivity contribution < 1.29 is 4.79 Å². The predicted molar refractivity (Wildman–Crippen MR) is 92.1 cm³/mol. The largest absolute Gasteiger partial charge is 0.343 e. The van der Waals surface area contributed by atoms with Crippen molar-refractivity contribution in [3.8, 4) is 10.6 Å². The lowest BCUT2D eigenvalue weighted by atomic mass is 10.2. The molecule has 1 aliphatic heterocycles. The number of fused-ring (bicyclic) bond motifs is 1. The number of rotatable bonds is 4. The highest BCUT2D eigenvalue weighted by Crippen LogP contribution is 2.25. The minimum Gasteiger partial charge on any atom is -0.343 e. The Hall–Kier alpha value is -2.25. The second-order valence-corrected chi connectivity index (χ2v) is 6.81. The van der Waals surface area contributed by atoms with Crippen LogP contribution in [0.3, 0.4) is 0 Å². The molecule has 24 heavy (non-hydrogen) atoms. The lowest BCUT2D eigenvalue weighted by molar-refractivity contribution is 0.0945. The van der Waals surface area contributed by atoms with E-state index in [1.54, 1.807) is 5.38 Å². The Morgan fingerprint density at radius 1 is 1.29 bits per heavy atom. The third kappa shape index (κ3) is 2.92. The smallest absolute Gasteiger partial charge is 0.271 e. The zero-order valence-corrected chi connectivity index (χ0v) is 14.3. The number of carbonyl (C=O) groups is 1. The van der Waals surface area contributed by atoms with Gasteiger partial charge in [-0.15, -0.1) is 21.5 Å². The number of aromatic nitrogens is 4. The Morgan fingerprint density at radius 3 is 2.96 bits per heavy atom. The summed E-state index contributed by atoms with van der Waals surface area (Å²) in [6, 6.07) is 7.40. The van der Waals surface area contributed by atoms with Gasteiger partial charge in [-0.05, 0) is 18.6 Å². The lowest BCUT2D eigenvalue weighted by Gasteiger charge is -2.04. The van der Waals surface area contributed by atoms with Crippen LogP contribution >= 0.6 is 22.9 Å². The van der Waals surface area contributed by atoms with Gasteiger partial charge < -0.3 is 9.88 Å². The van der Waals surface area contributed by atoms with E-state index in [0.717, 1.165) is 41.6 Å². The van der Waals surface area contributed by atoms with Crippen molar-refractivity contribution in [1.82, 2.24) is 25.1 Å². The monoisotopic (exact) mass is 359 g/mol. The number of halogens is 1. The molecule has 0 unspecified atom stereocenters. The summed E-state index contributed by atoms with van der Waals surface area (Å²) in [5, 5.41) is 14.4. The molecule has 0 aliphatic carbocycles. The molecule has 1 amide bonds. The molecule has 0 radical (unpaired) electrons. The van der Waals surface area contributed by atoms with Gasteiger partial charge in [0.15, 0.2) is 5.82 Å². The van der Waals surface area contributed by atoms with E-state index in [-0.39, 0.29) is 5.91 Å². The van der Waals surface area contributed by atoms with E-state index in [2.05, 4.69) is 25.1 Å². The molecule has 0 fully saturated rings. The second-order valence-electron chi connectivity index (χ2n) is 5.52. The van der Waals surface area contributed by atoms with Crippen LogP contribution in [0, 0.1) is 0 Å². The van der Waals surface area contributed by atoms with Gasteiger partial charge >= 0.3 is 0 Å². The first-order chi connectivity index (χ1) is 11.7. The summed E-state index contributed by atoms with van der Waals surface area (Å²) in [5.74, 6) is 1.59. The summed E-state index contributed by atoms with van der Waals surface area (Å²) in [7, 11) is 0. The van der Waals surface area contributed by atoms with Crippen LogP contribution in [0.15, 0.2) is 29.6 Å². The number of amides is 1. The maximum absolute atomic E-state index is 12.3. The van der Waals surface area contributed by atoms with Crippen LogP contribution in [0.4, 0.5) is 0 Å². The molecule has 0 saturated carbocycles. The van der Waals surface area contributed by atoms with E-state index < -0.39 is 0 Å². The minimum atomic E-state index is -0.207. The van der Waals surface area contributed by atoms with Crippen molar-refractivity contribution in [3.63, 3.8) is 0 Å². The van der Waals surface area contributed by atoms with Crippen molar-refractivity contribution in [1.29, 1.82) is 0 Å². The summed E-state index contributed by atoms with van der Waals surface area (Å²) in [4.78, 5) is 16.7. The molecule has 1 aromatic carbocycles. The molecule has 1 aliphatic rings. The molecule has 2 aromatic heterocycles. The number of aryl methyl sites for hydroxylation is 1. The van der Waals surface area contributed by atoms with E-state index in [1.807, 2.05) is 24.3 Å². The van der Waals surface area contributed by atoms with E-state index >= 15 is 0 Å². The SMILES string of the molecule is O=C(NCc1nnc2n1CCC2)c1csc(-c2ccc(Cl)cc2)n1. The number of hydrogen-bond donors (Lipinski definition) is 1. The highest BCUT2D eigenvalue weighted by molar-refractivity contribution is 7.13. The fourth-order valence-electron chi connectivity index (χ4n) is 2.69. The molecule has 122 valence electrons. The number of benzene rings is 1.